The van der Waals surface area contributed by atoms with E-state index in [0.29, 0.717) is 18.4 Å². The van der Waals surface area contributed by atoms with E-state index in [9.17, 15) is 14.7 Å². The van der Waals surface area contributed by atoms with Crippen LogP contribution in [0.1, 0.15) is 46.5 Å². The lowest BCUT2D eigenvalue weighted by Gasteiger charge is -2.27. The Morgan fingerprint density at radius 3 is 2.17 bits per heavy atom. The second kappa shape index (κ2) is 5.12. The van der Waals surface area contributed by atoms with Gasteiger partial charge in [0.1, 0.15) is 6.61 Å². The van der Waals surface area contributed by atoms with Gasteiger partial charge in [-0.15, -0.1) is 0 Å². The Balaban J connectivity index is 2.65. The molecule has 1 fully saturated rings. The number of ether oxygens (including phenoxy) is 1. The van der Waals surface area contributed by atoms with E-state index in [1.165, 1.54) is 0 Å². The Bertz CT molecular complexity index is 356. The molecule has 4 nitrogen and oxygen atoms in total. The predicted octanol–water partition coefficient (Wildman–Crippen LogP) is 2.78. The van der Waals surface area contributed by atoms with Crippen molar-refractivity contribution in [2.75, 3.05) is 6.61 Å². The van der Waals surface area contributed by atoms with E-state index >= 15 is 0 Å². The average Bonchev–Trinajstić information content (AvgIpc) is 2.74. The number of hydrogen-bond donors (Lipinski definition) is 1. The second-order valence-electron chi connectivity index (χ2n) is 6.02. The van der Waals surface area contributed by atoms with Crippen molar-refractivity contribution in [3.05, 3.63) is 12.2 Å². The first-order valence-corrected chi connectivity index (χ1v) is 6.29. The molecule has 0 bridgehead atoms. The number of carboxylic acids is 1. The summed E-state index contributed by atoms with van der Waals surface area (Å²) in [7, 11) is 0. The van der Waals surface area contributed by atoms with Crippen LogP contribution in [-0.2, 0) is 14.3 Å². The van der Waals surface area contributed by atoms with Crippen LogP contribution in [0.15, 0.2) is 12.2 Å². The Morgan fingerprint density at radius 1 is 1.28 bits per heavy atom. The molecule has 1 aliphatic carbocycles. The molecule has 0 saturated heterocycles. The van der Waals surface area contributed by atoms with Gasteiger partial charge in [-0.1, -0.05) is 19.4 Å². The SMILES string of the molecule is C=C(COC(=O)C(C)(C)C)C1(C(=O)O)CCCC1. The number of aliphatic carboxylic acids is 1. The summed E-state index contributed by atoms with van der Waals surface area (Å²) in [5.74, 6) is -1.18. The highest BCUT2D eigenvalue weighted by molar-refractivity contribution is 5.79. The maximum atomic E-state index is 11.6. The summed E-state index contributed by atoms with van der Waals surface area (Å²) >= 11 is 0. The van der Waals surface area contributed by atoms with Crippen LogP contribution in [0.4, 0.5) is 0 Å². The number of carbonyl (C=O) groups is 2. The number of hydrogen-bond acceptors (Lipinski definition) is 3. The zero-order valence-electron chi connectivity index (χ0n) is 11.4. The van der Waals surface area contributed by atoms with E-state index in [4.69, 9.17) is 4.74 Å². The highest BCUT2D eigenvalue weighted by Gasteiger charge is 2.44. The lowest BCUT2D eigenvalue weighted by atomic mass is 9.79. The molecule has 0 aromatic rings. The Labute approximate surface area is 108 Å². The van der Waals surface area contributed by atoms with E-state index in [2.05, 4.69) is 6.58 Å². The van der Waals surface area contributed by atoms with E-state index in [1.54, 1.807) is 20.8 Å². The third-order valence-electron chi connectivity index (χ3n) is 3.53. The molecule has 1 saturated carbocycles. The molecule has 0 unspecified atom stereocenters. The molecule has 0 aromatic carbocycles. The molecule has 0 heterocycles. The molecule has 0 aliphatic heterocycles. The van der Waals surface area contributed by atoms with Gasteiger partial charge in [0.05, 0.1) is 10.8 Å². The predicted molar refractivity (Wildman–Crippen MR) is 68.1 cm³/mol. The number of rotatable bonds is 4. The van der Waals surface area contributed by atoms with Crippen LogP contribution >= 0.6 is 0 Å². The Hall–Kier alpha value is -1.32. The van der Waals surface area contributed by atoms with Crippen molar-refractivity contribution in [1.29, 1.82) is 0 Å². The van der Waals surface area contributed by atoms with Crippen LogP contribution in [0.3, 0.4) is 0 Å². The largest absolute Gasteiger partial charge is 0.481 e. The summed E-state index contributed by atoms with van der Waals surface area (Å²) in [6.07, 6.45) is 2.96. The first-order valence-electron chi connectivity index (χ1n) is 6.29. The van der Waals surface area contributed by atoms with Gasteiger partial charge in [0.2, 0.25) is 0 Å². The third-order valence-corrected chi connectivity index (χ3v) is 3.53. The molecule has 0 aromatic heterocycles. The lowest BCUT2D eigenvalue weighted by Crippen LogP contribution is -2.33. The average molecular weight is 254 g/mol. The summed E-state index contributed by atoms with van der Waals surface area (Å²) in [5, 5.41) is 9.36. The maximum Gasteiger partial charge on any atom is 0.313 e. The van der Waals surface area contributed by atoms with Gasteiger partial charge in [-0.25, -0.2) is 0 Å². The fraction of sp³-hybridized carbons (Fsp3) is 0.714. The van der Waals surface area contributed by atoms with Crippen molar-refractivity contribution in [2.24, 2.45) is 10.8 Å². The molecule has 1 N–H and O–H groups in total. The molecule has 1 aliphatic rings. The highest BCUT2D eigenvalue weighted by atomic mass is 16.5. The van der Waals surface area contributed by atoms with Crippen molar-refractivity contribution in [1.82, 2.24) is 0 Å². The van der Waals surface area contributed by atoms with Crippen molar-refractivity contribution in [3.63, 3.8) is 0 Å². The van der Waals surface area contributed by atoms with E-state index < -0.39 is 16.8 Å². The normalized spacial score (nSPS) is 18.4. The Morgan fingerprint density at radius 2 is 1.78 bits per heavy atom. The zero-order valence-corrected chi connectivity index (χ0v) is 11.4. The fourth-order valence-electron chi connectivity index (χ4n) is 2.20. The van der Waals surface area contributed by atoms with E-state index in [0.717, 1.165) is 12.8 Å². The minimum Gasteiger partial charge on any atom is -0.481 e. The fourth-order valence-corrected chi connectivity index (χ4v) is 2.20. The van der Waals surface area contributed by atoms with Crippen LogP contribution in [0, 0.1) is 10.8 Å². The molecule has 1 rings (SSSR count). The standard InChI is InChI=1S/C14H22O4/c1-10(9-18-12(17)13(2,3)4)14(11(15)16)7-5-6-8-14/h1,5-9H2,2-4H3,(H,15,16). The molecule has 0 spiro atoms. The smallest absolute Gasteiger partial charge is 0.313 e. The molecule has 102 valence electrons. The molecule has 0 amide bonds. The van der Waals surface area contributed by atoms with Gasteiger partial charge in [0.25, 0.3) is 0 Å². The van der Waals surface area contributed by atoms with Crippen molar-refractivity contribution >= 4 is 11.9 Å². The van der Waals surface area contributed by atoms with Crippen LogP contribution in [0.25, 0.3) is 0 Å². The highest BCUT2D eigenvalue weighted by Crippen LogP contribution is 2.44. The number of esters is 1. The third kappa shape index (κ3) is 2.92. The Kier molecular flexibility index (Phi) is 4.20. The van der Waals surface area contributed by atoms with Crippen LogP contribution in [0.5, 0.6) is 0 Å². The van der Waals surface area contributed by atoms with Gasteiger partial charge in [-0.05, 0) is 39.2 Å². The van der Waals surface area contributed by atoms with Crippen LogP contribution < -0.4 is 0 Å². The molecule has 0 radical (unpaired) electrons. The summed E-state index contributed by atoms with van der Waals surface area (Å²) in [4.78, 5) is 23.1. The lowest BCUT2D eigenvalue weighted by molar-refractivity contribution is -0.154. The summed E-state index contributed by atoms with van der Waals surface area (Å²) in [6.45, 7) is 9.12. The van der Waals surface area contributed by atoms with E-state index in [1.807, 2.05) is 0 Å². The quantitative estimate of drug-likeness (QED) is 0.619. The van der Waals surface area contributed by atoms with Gasteiger partial charge in [0.15, 0.2) is 0 Å². The topological polar surface area (TPSA) is 63.6 Å². The monoisotopic (exact) mass is 254 g/mol. The molecule has 18 heavy (non-hydrogen) atoms. The minimum atomic E-state index is -0.891. The van der Waals surface area contributed by atoms with Gasteiger partial charge < -0.3 is 9.84 Å². The number of carboxylic acid groups (broad SMARTS) is 1. The van der Waals surface area contributed by atoms with Gasteiger partial charge >= 0.3 is 11.9 Å². The summed E-state index contributed by atoms with van der Waals surface area (Å²) in [5.41, 5.74) is -0.963. The van der Waals surface area contributed by atoms with E-state index in [-0.39, 0.29) is 12.6 Å². The summed E-state index contributed by atoms with van der Waals surface area (Å²) < 4.78 is 5.15. The second-order valence-corrected chi connectivity index (χ2v) is 6.02. The first kappa shape index (κ1) is 14.7. The van der Waals surface area contributed by atoms with Gasteiger partial charge in [0, 0.05) is 0 Å². The molecule has 0 atom stereocenters. The zero-order chi connectivity index (χ0) is 14.0. The van der Waals surface area contributed by atoms with Crippen molar-refractivity contribution < 1.29 is 19.4 Å². The number of carbonyl (C=O) groups excluding carboxylic acids is 1. The van der Waals surface area contributed by atoms with Crippen molar-refractivity contribution in [3.8, 4) is 0 Å². The molecular formula is C14H22O4. The minimum absolute atomic E-state index is 0.00238. The van der Waals surface area contributed by atoms with Gasteiger partial charge in [-0.2, -0.15) is 0 Å². The van der Waals surface area contributed by atoms with Crippen LogP contribution in [0.2, 0.25) is 0 Å². The summed E-state index contributed by atoms with van der Waals surface area (Å²) in [6, 6.07) is 0. The molecular weight excluding hydrogens is 232 g/mol. The molecule has 4 heteroatoms. The van der Waals surface area contributed by atoms with Gasteiger partial charge in [-0.3, -0.25) is 9.59 Å². The maximum absolute atomic E-state index is 11.6. The first-order chi connectivity index (χ1) is 8.20. The van der Waals surface area contributed by atoms with Crippen molar-refractivity contribution in [2.45, 2.75) is 46.5 Å². The van der Waals surface area contributed by atoms with Crippen LogP contribution in [-0.4, -0.2) is 23.7 Å².